The summed E-state index contributed by atoms with van der Waals surface area (Å²) >= 11 is 0. The van der Waals surface area contributed by atoms with Crippen LogP contribution in [-0.2, 0) is 9.59 Å². The fraction of sp³-hybridized carbons (Fsp3) is 0.684. The molecule has 0 aliphatic heterocycles. The molecule has 4 nitrogen and oxygen atoms in total. The number of methoxy groups -OCH3 is 1. The highest BCUT2D eigenvalue weighted by Gasteiger charge is 2.72. The van der Waals surface area contributed by atoms with Gasteiger partial charge in [-0.05, 0) is 140 Å². The molecular weight excluding hydrogens is 520 g/mol. The van der Waals surface area contributed by atoms with E-state index in [2.05, 4.69) is 54.2 Å². The van der Waals surface area contributed by atoms with E-state index in [9.17, 15) is 14.7 Å². The van der Waals surface area contributed by atoms with Crippen LogP contribution in [0.25, 0.3) is 6.08 Å². The van der Waals surface area contributed by atoms with Crippen LogP contribution < -0.4 is 4.74 Å². The molecule has 6 rings (SSSR count). The Morgan fingerprint density at radius 1 is 0.929 bits per heavy atom. The zero-order valence-corrected chi connectivity index (χ0v) is 27.0. The van der Waals surface area contributed by atoms with Crippen molar-refractivity contribution in [3.8, 4) is 5.75 Å². The molecule has 1 aromatic carbocycles. The van der Waals surface area contributed by atoms with Gasteiger partial charge in [0.2, 0.25) is 0 Å². The molecule has 0 aromatic heterocycles. The average Bonchev–Trinajstić information content (AvgIpc) is 3.34. The number of carboxylic acids is 1. The number of ether oxygens (including phenoxy) is 1. The van der Waals surface area contributed by atoms with Gasteiger partial charge in [0, 0.05) is 5.41 Å². The molecule has 0 radical (unpaired) electrons. The fourth-order valence-corrected chi connectivity index (χ4v) is 12.4. The van der Waals surface area contributed by atoms with Gasteiger partial charge in [-0.2, -0.15) is 0 Å². The zero-order chi connectivity index (χ0) is 30.5. The van der Waals surface area contributed by atoms with Gasteiger partial charge < -0.3 is 9.84 Å². The first-order valence-electron chi connectivity index (χ1n) is 16.4. The lowest BCUT2D eigenvalue weighted by atomic mass is 9.32. The van der Waals surface area contributed by atoms with Crippen molar-refractivity contribution in [3.05, 3.63) is 47.6 Å². The zero-order valence-electron chi connectivity index (χ0n) is 27.0. The van der Waals surface area contributed by atoms with E-state index in [4.69, 9.17) is 4.74 Å². The summed E-state index contributed by atoms with van der Waals surface area (Å²) in [6, 6.07) is 8.04. The SMILES string of the molecule is C=C(C)[C@@H]1CC[C@]2(C(=O)O)CC[C@]3(C)[C@H](CC[C@@H]4[C@@]5(C)C/C(=C\c6ccc(OC)cc6)C(=O)C(C)(C)[C@@H]5CC[C@]43C)[C@@H]12. The van der Waals surface area contributed by atoms with Crippen molar-refractivity contribution in [1.29, 1.82) is 0 Å². The van der Waals surface area contributed by atoms with Crippen LogP contribution in [0.15, 0.2) is 42.0 Å². The molecule has 0 heterocycles. The Bertz CT molecular complexity index is 1340. The Hall–Kier alpha value is -2.36. The van der Waals surface area contributed by atoms with Crippen LogP contribution in [0.2, 0.25) is 0 Å². The van der Waals surface area contributed by atoms with Crippen LogP contribution in [0.1, 0.15) is 105 Å². The third kappa shape index (κ3) is 3.78. The van der Waals surface area contributed by atoms with Crippen molar-refractivity contribution >= 4 is 17.8 Å². The normalized spacial score (nSPS) is 44.9. The van der Waals surface area contributed by atoms with Gasteiger partial charge in [0.1, 0.15) is 5.75 Å². The number of rotatable bonds is 4. The standard InChI is InChI=1S/C38H52O4/c1-23(2)27-15-18-38(33(40)41)20-19-36(6)28(31(27)38)13-14-30-35(5)22-25(21-24-9-11-26(42-8)12-10-24)32(39)34(3,4)29(35)16-17-37(30,36)7/h9-12,21,27-31H,1,13-20,22H2,2-8H3,(H,40,41)/b25-21+/t27-,28+,29-,30+,31+,35-,36+,37+,38-/m0/s1. The minimum Gasteiger partial charge on any atom is -0.497 e. The smallest absolute Gasteiger partial charge is 0.309 e. The van der Waals surface area contributed by atoms with Crippen LogP contribution in [-0.4, -0.2) is 24.0 Å². The molecule has 4 heteroatoms. The number of fused-ring (bicyclic) bond motifs is 7. The molecule has 5 aliphatic carbocycles. The van der Waals surface area contributed by atoms with Gasteiger partial charge in [0.05, 0.1) is 12.5 Å². The van der Waals surface area contributed by atoms with E-state index >= 15 is 0 Å². The van der Waals surface area contributed by atoms with Crippen molar-refractivity contribution in [3.63, 3.8) is 0 Å². The van der Waals surface area contributed by atoms with Gasteiger partial charge in [-0.1, -0.05) is 58.9 Å². The maximum atomic E-state index is 14.1. The fourth-order valence-electron chi connectivity index (χ4n) is 12.4. The second kappa shape index (κ2) is 9.57. The van der Waals surface area contributed by atoms with Crippen molar-refractivity contribution in [1.82, 2.24) is 0 Å². The first-order chi connectivity index (χ1) is 19.7. The van der Waals surface area contributed by atoms with Crippen molar-refractivity contribution < 1.29 is 19.4 Å². The van der Waals surface area contributed by atoms with E-state index in [1.807, 2.05) is 24.3 Å². The topological polar surface area (TPSA) is 63.6 Å². The van der Waals surface area contributed by atoms with E-state index < -0.39 is 16.8 Å². The number of benzene rings is 1. The van der Waals surface area contributed by atoms with Crippen molar-refractivity contribution in [2.24, 2.45) is 56.7 Å². The molecule has 5 fully saturated rings. The number of hydrogen-bond donors (Lipinski definition) is 1. The number of carboxylic acid groups (broad SMARTS) is 1. The maximum Gasteiger partial charge on any atom is 0.309 e. The highest BCUT2D eigenvalue weighted by molar-refractivity contribution is 6.04. The summed E-state index contributed by atoms with van der Waals surface area (Å²) in [5.41, 5.74) is 2.39. The molecule has 0 saturated heterocycles. The molecule has 0 spiro atoms. The minimum absolute atomic E-state index is 0.0153. The van der Waals surface area contributed by atoms with Gasteiger partial charge in [-0.15, -0.1) is 0 Å². The summed E-state index contributed by atoms with van der Waals surface area (Å²) in [6.07, 6.45) is 10.9. The molecule has 228 valence electrons. The van der Waals surface area contributed by atoms with Crippen molar-refractivity contribution in [2.75, 3.05) is 7.11 Å². The lowest BCUT2D eigenvalue weighted by Crippen LogP contribution is -2.67. The Kier molecular flexibility index (Phi) is 6.77. The number of ketones is 1. The first-order valence-corrected chi connectivity index (χ1v) is 16.4. The third-order valence-electron chi connectivity index (χ3n) is 14.5. The van der Waals surface area contributed by atoms with Gasteiger partial charge in [0.25, 0.3) is 0 Å². The average molecular weight is 573 g/mol. The molecule has 5 aliphatic rings. The summed E-state index contributed by atoms with van der Waals surface area (Å²) in [4.78, 5) is 27.0. The molecule has 1 N–H and O–H groups in total. The van der Waals surface area contributed by atoms with Crippen molar-refractivity contribution in [2.45, 2.75) is 99.3 Å². The van der Waals surface area contributed by atoms with Crippen LogP contribution in [0, 0.1) is 56.7 Å². The maximum absolute atomic E-state index is 14.1. The first kappa shape index (κ1) is 29.7. The summed E-state index contributed by atoms with van der Waals surface area (Å²) in [5, 5.41) is 10.7. The molecule has 0 bridgehead atoms. The molecule has 0 amide bonds. The quantitative estimate of drug-likeness (QED) is 0.289. The summed E-state index contributed by atoms with van der Waals surface area (Å²) in [7, 11) is 1.68. The van der Waals surface area contributed by atoms with Crippen LogP contribution in [0.5, 0.6) is 5.75 Å². The van der Waals surface area contributed by atoms with Gasteiger partial charge in [0.15, 0.2) is 5.78 Å². The van der Waals surface area contributed by atoms with E-state index in [-0.39, 0.29) is 22.2 Å². The number of hydrogen-bond acceptors (Lipinski definition) is 3. The predicted octanol–water partition coefficient (Wildman–Crippen LogP) is 9.00. The monoisotopic (exact) mass is 572 g/mol. The number of Topliss-reactive ketones (excluding diaryl/α,β-unsaturated/α-hetero) is 1. The number of aliphatic carboxylic acids is 1. The lowest BCUT2D eigenvalue weighted by Gasteiger charge is -2.72. The highest BCUT2D eigenvalue weighted by atomic mass is 16.5. The van der Waals surface area contributed by atoms with E-state index in [0.717, 1.165) is 74.7 Å². The largest absolute Gasteiger partial charge is 0.497 e. The molecule has 9 atom stereocenters. The third-order valence-corrected chi connectivity index (χ3v) is 14.5. The van der Waals surface area contributed by atoms with Crippen LogP contribution in [0.3, 0.4) is 0 Å². The summed E-state index contributed by atoms with van der Waals surface area (Å²) in [6.45, 7) is 18.5. The molecule has 5 saturated carbocycles. The van der Waals surface area contributed by atoms with Crippen LogP contribution in [0.4, 0.5) is 0 Å². The number of carbonyl (C=O) groups is 2. The molecular formula is C38H52O4. The lowest BCUT2D eigenvalue weighted by molar-refractivity contribution is -0.231. The van der Waals surface area contributed by atoms with E-state index in [1.165, 1.54) is 5.57 Å². The summed E-state index contributed by atoms with van der Waals surface area (Å²) in [5.74, 6) is 2.31. The van der Waals surface area contributed by atoms with Crippen LogP contribution >= 0.6 is 0 Å². The highest BCUT2D eigenvalue weighted by Crippen LogP contribution is 2.77. The Labute approximate surface area is 253 Å². The molecule has 42 heavy (non-hydrogen) atoms. The summed E-state index contributed by atoms with van der Waals surface area (Å²) < 4.78 is 5.36. The molecule has 0 unspecified atom stereocenters. The van der Waals surface area contributed by atoms with Gasteiger partial charge in [-0.25, -0.2) is 0 Å². The van der Waals surface area contributed by atoms with Gasteiger partial charge in [-0.3, -0.25) is 9.59 Å². The predicted molar refractivity (Wildman–Crippen MR) is 168 cm³/mol. The van der Waals surface area contributed by atoms with Gasteiger partial charge >= 0.3 is 5.97 Å². The number of allylic oxidation sites excluding steroid dienone is 2. The van der Waals surface area contributed by atoms with E-state index in [0.29, 0.717) is 29.5 Å². The Morgan fingerprint density at radius 2 is 1.62 bits per heavy atom. The number of carbonyl (C=O) groups excluding carboxylic acids is 1. The molecule has 1 aromatic rings. The second-order valence-corrected chi connectivity index (χ2v) is 16.3. The Morgan fingerprint density at radius 3 is 2.24 bits per heavy atom. The Balaban J connectivity index is 1.40. The minimum atomic E-state index is -0.592. The van der Waals surface area contributed by atoms with E-state index in [1.54, 1.807) is 7.11 Å². The second-order valence-electron chi connectivity index (χ2n) is 16.3.